The van der Waals surface area contributed by atoms with Gasteiger partial charge in [-0.3, -0.25) is 4.79 Å². The standard InChI is InChI=1S/C18H20N4O2S2/c1-12(25-18-22-21-17(26-18)19-9-10-24-2)16(23)20-15-8-7-13-5-3-4-6-14(13)11-15/h3-8,11-12H,9-10H2,1-2H3,(H,19,21)(H,20,23)/t12-/m0/s1. The van der Waals surface area contributed by atoms with E-state index >= 15 is 0 Å². The third kappa shape index (κ3) is 4.94. The minimum Gasteiger partial charge on any atom is -0.383 e. The summed E-state index contributed by atoms with van der Waals surface area (Å²) in [5.74, 6) is -0.0608. The number of carbonyl (C=O) groups excluding carboxylic acids is 1. The molecule has 6 nitrogen and oxygen atoms in total. The first-order chi connectivity index (χ1) is 12.7. The molecular formula is C18H20N4O2S2. The molecule has 3 rings (SSSR count). The number of hydrogen-bond acceptors (Lipinski definition) is 7. The maximum Gasteiger partial charge on any atom is 0.237 e. The second kappa shape index (κ2) is 8.98. The molecule has 0 aliphatic rings. The van der Waals surface area contributed by atoms with Crippen LogP contribution in [0.1, 0.15) is 6.92 Å². The summed E-state index contributed by atoms with van der Waals surface area (Å²) in [6.07, 6.45) is 0. The Bertz CT molecular complexity index is 884. The molecular weight excluding hydrogens is 368 g/mol. The molecule has 0 saturated heterocycles. The number of ether oxygens (including phenoxy) is 1. The van der Waals surface area contributed by atoms with Crippen LogP contribution in [0.5, 0.6) is 0 Å². The van der Waals surface area contributed by atoms with E-state index in [-0.39, 0.29) is 11.2 Å². The molecule has 136 valence electrons. The molecule has 1 aromatic heterocycles. The third-order valence-electron chi connectivity index (χ3n) is 3.65. The molecule has 0 aliphatic heterocycles. The van der Waals surface area contributed by atoms with E-state index in [0.29, 0.717) is 13.2 Å². The van der Waals surface area contributed by atoms with Gasteiger partial charge < -0.3 is 15.4 Å². The number of anilines is 2. The van der Waals surface area contributed by atoms with Gasteiger partial charge in [-0.2, -0.15) is 0 Å². The number of benzene rings is 2. The van der Waals surface area contributed by atoms with Crippen LogP contribution in [0.2, 0.25) is 0 Å². The first-order valence-electron chi connectivity index (χ1n) is 8.18. The topological polar surface area (TPSA) is 76.1 Å². The van der Waals surface area contributed by atoms with Gasteiger partial charge in [-0.15, -0.1) is 10.2 Å². The number of nitrogens with zero attached hydrogens (tertiary/aromatic N) is 2. The molecule has 0 saturated carbocycles. The number of fused-ring (bicyclic) bond motifs is 1. The van der Waals surface area contributed by atoms with Crippen LogP contribution in [0.3, 0.4) is 0 Å². The monoisotopic (exact) mass is 388 g/mol. The van der Waals surface area contributed by atoms with Crippen molar-refractivity contribution < 1.29 is 9.53 Å². The van der Waals surface area contributed by atoms with E-state index in [1.54, 1.807) is 7.11 Å². The average molecular weight is 389 g/mol. The van der Waals surface area contributed by atoms with Crippen molar-refractivity contribution in [2.45, 2.75) is 16.5 Å². The summed E-state index contributed by atoms with van der Waals surface area (Å²) in [5.41, 5.74) is 0.792. The van der Waals surface area contributed by atoms with E-state index in [1.807, 2.05) is 49.4 Å². The second-order valence-corrected chi connectivity index (χ2v) is 8.17. The minimum absolute atomic E-state index is 0.0608. The van der Waals surface area contributed by atoms with Crippen molar-refractivity contribution >= 4 is 50.6 Å². The van der Waals surface area contributed by atoms with Gasteiger partial charge in [-0.05, 0) is 29.8 Å². The molecule has 1 amide bonds. The van der Waals surface area contributed by atoms with E-state index in [1.165, 1.54) is 23.1 Å². The van der Waals surface area contributed by atoms with Gasteiger partial charge in [0.25, 0.3) is 0 Å². The van der Waals surface area contributed by atoms with Crippen molar-refractivity contribution in [2.75, 3.05) is 30.9 Å². The predicted molar refractivity (Wildman–Crippen MR) is 108 cm³/mol. The van der Waals surface area contributed by atoms with Crippen LogP contribution in [-0.4, -0.2) is 41.6 Å². The first-order valence-corrected chi connectivity index (χ1v) is 9.88. The van der Waals surface area contributed by atoms with Crippen molar-refractivity contribution in [3.05, 3.63) is 42.5 Å². The summed E-state index contributed by atoms with van der Waals surface area (Å²) < 4.78 is 5.74. The smallest absolute Gasteiger partial charge is 0.237 e. The molecule has 0 radical (unpaired) electrons. The number of aromatic nitrogens is 2. The number of nitrogens with one attached hydrogen (secondary N) is 2. The maximum absolute atomic E-state index is 12.5. The fourth-order valence-corrected chi connectivity index (χ4v) is 4.23. The van der Waals surface area contributed by atoms with Gasteiger partial charge in [-0.1, -0.05) is 53.4 Å². The second-order valence-electron chi connectivity index (χ2n) is 5.60. The molecule has 0 aliphatic carbocycles. The summed E-state index contributed by atoms with van der Waals surface area (Å²) in [6.45, 7) is 3.14. The molecule has 2 aromatic carbocycles. The number of hydrogen-bond donors (Lipinski definition) is 2. The quantitative estimate of drug-likeness (QED) is 0.451. The molecule has 1 atom stereocenters. The Morgan fingerprint density at radius 1 is 1.23 bits per heavy atom. The zero-order valence-corrected chi connectivity index (χ0v) is 16.2. The summed E-state index contributed by atoms with van der Waals surface area (Å²) in [6, 6.07) is 14.0. The molecule has 1 heterocycles. The Morgan fingerprint density at radius 3 is 2.85 bits per heavy atom. The average Bonchev–Trinajstić information content (AvgIpc) is 3.09. The number of thioether (sulfide) groups is 1. The van der Waals surface area contributed by atoms with E-state index in [9.17, 15) is 4.79 Å². The lowest BCUT2D eigenvalue weighted by Crippen LogP contribution is -2.22. The Balaban J connectivity index is 1.57. The van der Waals surface area contributed by atoms with Gasteiger partial charge in [0.1, 0.15) is 0 Å². The number of rotatable bonds is 8. The van der Waals surface area contributed by atoms with Gasteiger partial charge in [0.2, 0.25) is 11.0 Å². The number of amides is 1. The van der Waals surface area contributed by atoms with Crippen LogP contribution < -0.4 is 10.6 Å². The normalized spacial score (nSPS) is 12.1. The van der Waals surface area contributed by atoms with Crippen LogP contribution >= 0.6 is 23.1 Å². The number of carbonyl (C=O) groups is 1. The van der Waals surface area contributed by atoms with Crippen LogP contribution in [0.15, 0.2) is 46.8 Å². The van der Waals surface area contributed by atoms with Crippen LogP contribution in [0.25, 0.3) is 10.8 Å². The van der Waals surface area contributed by atoms with E-state index in [4.69, 9.17) is 4.74 Å². The highest BCUT2D eigenvalue weighted by atomic mass is 32.2. The lowest BCUT2D eigenvalue weighted by molar-refractivity contribution is -0.115. The highest BCUT2D eigenvalue weighted by molar-refractivity contribution is 8.02. The third-order valence-corrected chi connectivity index (χ3v) is 5.72. The largest absolute Gasteiger partial charge is 0.383 e. The summed E-state index contributed by atoms with van der Waals surface area (Å²) >= 11 is 2.83. The van der Waals surface area contributed by atoms with E-state index in [2.05, 4.69) is 20.8 Å². The number of methoxy groups -OCH3 is 1. The van der Waals surface area contributed by atoms with Crippen LogP contribution in [0, 0.1) is 0 Å². The molecule has 3 aromatic rings. The van der Waals surface area contributed by atoms with Crippen molar-refractivity contribution in [2.24, 2.45) is 0 Å². The van der Waals surface area contributed by atoms with Gasteiger partial charge in [0.05, 0.1) is 11.9 Å². The fraction of sp³-hybridized carbons (Fsp3) is 0.278. The maximum atomic E-state index is 12.5. The van der Waals surface area contributed by atoms with Gasteiger partial charge in [0.15, 0.2) is 4.34 Å². The van der Waals surface area contributed by atoms with E-state index < -0.39 is 0 Å². The summed E-state index contributed by atoms with van der Waals surface area (Å²) in [7, 11) is 1.65. The Hall–Kier alpha value is -2.16. The molecule has 0 spiro atoms. The Labute approximate surface area is 160 Å². The zero-order chi connectivity index (χ0) is 18.4. The predicted octanol–water partition coefficient (Wildman–Crippen LogP) is 3.87. The van der Waals surface area contributed by atoms with Gasteiger partial charge in [-0.25, -0.2) is 0 Å². The minimum atomic E-state index is -0.277. The fourth-order valence-electron chi connectivity index (χ4n) is 2.30. The first kappa shape index (κ1) is 18.6. The summed E-state index contributed by atoms with van der Waals surface area (Å²) in [4.78, 5) is 12.5. The van der Waals surface area contributed by atoms with Crippen molar-refractivity contribution in [1.29, 1.82) is 0 Å². The molecule has 0 bridgehead atoms. The van der Waals surface area contributed by atoms with Crippen molar-refractivity contribution in [3.8, 4) is 0 Å². The molecule has 2 N–H and O–H groups in total. The Kier molecular flexibility index (Phi) is 6.43. The lowest BCUT2D eigenvalue weighted by atomic mass is 10.1. The van der Waals surface area contributed by atoms with Crippen LogP contribution in [-0.2, 0) is 9.53 Å². The lowest BCUT2D eigenvalue weighted by Gasteiger charge is -2.11. The zero-order valence-electron chi connectivity index (χ0n) is 14.6. The van der Waals surface area contributed by atoms with Gasteiger partial charge in [0, 0.05) is 19.3 Å². The molecule has 26 heavy (non-hydrogen) atoms. The summed E-state index contributed by atoms with van der Waals surface area (Å²) in [5, 5.41) is 17.0. The Morgan fingerprint density at radius 2 is 2.04 bits per heavy atom. The van der Waals surface area contributed by atoms with E-state index in [0.717, 1.165) is 25.9 Å². The van der Waals surface area contributed by atoms with Crippen LogP contribution in [0.4, 0.5) is 10.8 Å². The molecule has 8 heteroatoms. The molecule has 0 fully saturated rings. The SMILES string of the molecule is COCCNc1nnc(S[C@@H](C)C(=O)Nc2ccc3ccccc3c2)s1. The highest BCUT2D eigenvalue weighted by Crippen LogP contribution is 2.29. The highest BCUT2D eigenvalue weighted by Gasteiger charge is 2.17. The van der Waals surface area contributed by atoms with Gasteiger partial charge >= 0.3 is 0 Å². The van der Waals surface area contributed by atoms with Crippen molar-refractivity contribution in [3.63, 3.8) is 0 Å². The van der Waals surface area contributed by atoms with Crippen molar-refractivity contribution in [1.82, 2.24) is 10.2 Å². The molecule has 0 unspecified atom stereocenters.